The molecule has 1 unspecified atom stereocenters. The molecule has 1 aliphatic heterocycles. The van der Waals surface area contributed by atoms with Gasteiger partial charge in [-0.1, -0.05) is 29.8 Å². The molecule has 0 saturated carbocycles. The van der Waals surface area contributed by atoms with E-state index in [0.717, 1.165) is 29.2 Å². The second-order valence-electron chi connectivity index (χ2n) is 7.30. The van der Waals surface area contributed by atoms with E-state index in [2.05, 4.69) is 52.2 Å². The highest BCUT2D eigenvalue weighted by Gasteiger charge is 2.21. The summed E-state index contributed by atoms with van der Waals surface area (Å²) >= 11 is 3.40. The van der Waals surface area contributed by atoms with E-state index in [1.165, 1.54) is 19.4 Å². The van der Waals surface area contributed by atoms with Crippen molar-refractivity contribution in [2.45, 2.75) is 52.1 Å². The molecule has 1 aromatic carbocycles. The molecule has 1 aromatic rings. The zero-order valence-electron chi connectivity index (χ0n) is 15.0. The van der Waals surface area contributed by atoms with Gasteiger partial charge in [0.1, 0.15) is 0 Å². The molecule has 1 aliphatic rings. The number of anilines is 1. The van der Waals surface area contributed by atoms with Crippen LogP contribution in [0.3, 0.4) is 0 Å². The highest BCUT2D eigenvalue weighted by molar-refractivity contribution is 9.10. The topological polar surface area (TPSA) is 44.4 Å². The predicted molar refractivity (Wildman–Crippen MR) is 104 cm³/mol. The Labute approximate surface area is 154 Å². The van der Waals surface area contributed by atoms with Crippen LogP contribution in [-0.2, 0) is 4.79 Å². The summed E-state index contributed by atoms with van der Waals surface area (Å²) in [7, 11) is 0. The summed E-state index contributed by atoms with van der Waals surface area (Å²) in [4.78, 5) is 14.7. The lowest BCUT2D eigenvalue weighted by Crippen LogP contribution is -2.46. The van der Waals surface area contributed by atoms with Crippen LogP contribution in [-0.4, -0.2) is 42.5 Å². The van der Waals surface area contributed by atoms with E-state index in [4.69, 9.17) is 0 Å². The quantitative estimate of drug-likeness (QED) is 0.735. The van der Waals surface area contributed by atoms with Crippen molar-refractivity contribution in [1.29, 1.82) is 0 Å². The van der Waals surface area contributed by atoms with E-state index in [1.54, 1.807) is 0 Å². The Morgan fingerprint density at radius 3 is 2.42 bits per heavy atom. The molecule has 1 fully saturated rings. The number of rotatable bonds is 7. The fourth-order valence-corrected chi connectivity index (χ4v) is 3.55. The number of carbonyl (C=O) groups is 1. The lowest BCUT2D eigenvalue weighted by molar-refractivity contribution is -0.116. The van der Waals surface area contributed by atoms with E-state index in [-0.39, 0.29) is 11.9 Å². The smallest absolute Gasteiger partial charge is 0.225 e. The SMILES string of the molecule is CC(C)CN1CCC(NC(C)CC(=O)Nc2ccc(Br)cc2)CC1. The standard InChI is InChI=1S/C19H30BrN3O/c1-14(2)13-23-10-8-18(9-11-23)21-15(3)12-19(24)22-17-6-4-16(20)5-7-17/h4-7,14-15,18,21H,8-13H2,1-3H3,(H,22,24). The minimum atomic E-state index is 0.0644. The van der Waals surface area contributed by atoms with Crippen LogP contribution in [0.1, 0.15) is 40.0 Å². The molecule has 0 aromatic heterocycles. The van der Waals surface area contributed by atoms with Crippen molar-refractivity contribution in [2.24, 2.45) is 5.92 Å². The summed E-state index contributed by atoms with van der Waals surface area (Å²) in [6.45, 7) is 10.2. The molecule has 0 spiro atoms. The molecule has 2 rings (SSSR count). The third-order valence-corrected chi connectivity index (χ3v) is 4.88. The van der Waals surface area contributed by atoms with E-state index in [1.807, 2.05) is 24.3 Å². The highest BCUT2D eigenvalue weighted by atomic mass is 79.9. The highest BCUT2D eigenvalue weighted by Crippen LogP contribution is 2.15. The van der Waals surface area contributed by atoms with Crippen molar-refractivity contribution in [2.75, 3.05) is 25.0 Å². The summed E-state index contributed by atoms with van der Waals surface area (Å²) in [5.41, 5.74) is 0.845. The van der Waals surface area contributed by atoms with Crippen molar-refractivity contribution in [3.05, 3.63) is 28.7 Å². The number of likely N-dealkylation sites (tertiary alicyclic amines) is 1. The Morgan fingerprint density at radius 1 is 1.21 bits per heavy atom. The number of piperidine rings is 1. The molecular formula is C19H30BrN3O. The van der Waals surface area contributed by atoms with Gasteiger partial charge >= 0.3 is 0 Å². The van der Waals surface area contributed by atoms with Gasteiger partial charge in [-0.15, -0.1) is 0 Å². The van der Waals surface area contributed by atoms with Gasteiger partial charge in [0.2, 0.25) is 5.91 Å². The number of halogens is 1. The van der Waals surface area contributed by atoms with Crippen LogP contribution in [0.25, 0.3) is 0 Å². The summed E-state index contributed by atoms with van der Waals surface area (Å²) < 4.78 is 1.01. The minimum absolute atomic E-state index is 0.0644. The molecule has 0 aliphatic carbocycles. The summed E-state index contributed by atoms with van der Waals surface area (Å²) in [6.07, 6.45) is 2.85. The second kappa shape index (κ2) is 9.54. The average Bonchev–Trinajstić information content (AvgIpc) is 2.51. The van der Waals surface area contributed by atoms with Crippen LogP contribution in [0, 0.1) is 5.92 Å². The third-order valence-electron chi connectivity index (χ3n) is 4.35. The van der Waals surface area contributed by atoms with Crippen LogP contribution in [0.5, 0.6) is 0 Å². The van der Waals surface area contributed by atoms with Gasteiger partial charge < -0.3 is 15.5 Å². The monoisotopic (exact) mass is 395 g/mol. The summed E-state index contributed by atoms with van der Waals surface area (Å²) in [5.74, 6) is 0.797. The van der Waals surface area contributed by atoms with Crippen molar-refractivity contribution in [3.63, 3.8) is 0 Å². The molecule has 2 N–H and O–H groups in total. The summed E-state index contributed by atoms with van der Waals surface area (Å²) in [6, 6.07) is 8.41. The largest absolute Gasteiger partial charge is 0.326 e. The van der Waals surface area contributed by atoms with Crippen LogP contribution in [0.4, 0.5) is 5.69 Å². The van der Waals surface area contributed by atoms with Gasteiger partial charge in [-0.05, 0) is 63.0 Å². The lowest BCUT2D eigenvalue weighted by Gasteiger charge is -2.34. The average molecular weight is 396 g/mol. The number of carbonyl (C=O) groups excluding carboxylic acids is 1. The lowest BCUT2D eigenvalue weighted by atomic mass is 10.0. The van der Waals surface area contributed by atoms with Gasteiger partial charge in [-0.2, -0.15) is 0 Å². The first-order valence-corrected chi connectivity index (χ1v) is 9.75. The Balaban J connectivity index is 1.68. The van der Waals surface area contributed by atoms with Gasteiger partial charge in [0.15, 0.2) is 0 Å². The number of hydrogen-bond donors (Lipinski definition) is 2. The van der Waals surface area contributed by atoms with Gasteiger partial charge in [0.05, 0.1) is 0 Å². The Kier molecular flexibility index (Phi) is 7.72. The van der Waals surface area contributed by atoms with Gasteiger partial charge in [-0.25, -0.2) is 0 Å². The molecule has 5 heteroatoms. The first kappa shape index (κ1) is 19.4. The summed E-state index contributed by atoms with van der Waals surface area (Å²) in [5, 5.41) is 6.58. The molecule has 1 heterocycles. The van der Waals surface area contributed by atoms with Crippen molar-refractivity contribution in [3.8, 4) is 0 Å². The van der Waals surface area contributed by atoms with Crippen molar-refractivity contribution in [1.82, 2.24) is 10.2 Å². The second-order valence-corrected chi connectivity index (χ2v) is 8.21. The third kappa shape index (κ3) is 6.91. The van der Waals surface area contributed by atoms with Crippen molar-refractivity contribution >= 4 is 27.5 Å². The molecule has 4 nitrogen and oxygen atoms in total. The van der Waals surface area contributed by atoms with Gasteiger partial charge in [0, 0.05) is 35.2 Å². The molecule has 1 saturated heterocycles. The first-order valence-electron chi connectivity index (χ1n) is 8.96. The van der Waals surface area contributed by atoms with Gasteiger partial charge in [-0.3, -0.25) is 4.79 Å². The van der Waals surface area contributed by atoms with Gasteiger partial charge in [0.25, 0.3) is 0 Å². The fourth-order valence-electron chi connectivity index (χ4n) is 3.28. The molecule has 134 valence electrons. The first-order chi connectivity index (χ1) is 11.4. The molecule has 1 atom stereocenters. The Morgan fingerprint density at radius 2 is 1.83 bits per heavy atom. The Bertz CT molecular complexity index is 510. The van der Waals surface area contributed by atoms with Crippen LogP contribution in [0.15, 0.2) is 28.7 Å². The maximum absolute atomic E-state index is 12.2. The van der Waals surface area contributed by atoms with Crippen molar-refractivity contribution < 1.29 is 4.79 Å². The predicted octanol–water partition coefficient (Wildman–Crippen LogP) is 3.88. The minimum Gasteiger partial charge on any atom is -0.326 e. The van der Waals surface area contributed by atoms with E-state index < -0.39 is 0 Å². The zero-order valence-corrected chi connectivity index (χ0v) is 16.6. The maximum Gasteiger partial charge on any atom is 0.225 e. The zero-order chi connectivity index (χ0) is 17.5. The number of amides is 1. The fraction of sp³-hybridized carbons (Fsp3) is 0.632. The number of nitrogens with one attached hydrogen (secondary N) is 2. The number of nitrogens with zero attached hydrogens (tertiary/aromatic N) is 1. The van der Waals surface area contributed by atoms with E-state index in [0.29, 0.717) is 12.5 Å². The molecule has 0 radical (unpaired) electrons. The number of hydrogen-bond acceptors (Lipinski definition) is 3. The van der Waals surface area contributed by atoms with Crippen LogP contribution in [0.2, 0.25) is 0 Å². The normalized spacial score (nSPS) is 17.9. The molecular weight excluding hydrogens is 366 g/mol. The molecule has 24 heavy (non-hydrogen) atoms. The Hall–Kier alpha value is -0.910. The van der Waals surface area contributed by atoms with Crippen LogP contribution < -0.4 is 10.6 Å². The van der Waals surface area contributed by atoms with Crippen LogP contribution >= 0.6 is 15.9 Å². The molecule has 1 amide bonds. The maximum atomic E-state index is 12.2. The number of benzene rings is 1. The van der Waals surface area contributed by atoms with E-state index >= 15 is 0 Å². The van der Waals surface area contributed by atoms with E-state index in [9.17, 15) is 4.79 Å². The molecule has 0 bridgehead atoms.